The van der Waals surface area contributed by atoms with Crippen molar-refractivity contribution in [2.75, 3.05) is 13.1 Å². The molecule has 6 heteroatoms. The number of carbonyl (C=O) groups excluding carboxylic acids is 2. The lowest BCUT2D eigenvalue weighted by molar-refractivity contribution is -0.128. The monoisotopic (exact) mass is 474 g/mol. The predicted molar refractivity (Wildman–Crippen MR) is 135 cm³/mol. The summed E-state index contributed by atoms with van der Waals surface area (Å²) in [4.78, 5) is 27.9. The number of nitrogens with one attached hydrogen (secondary N) is 1. The first kappa shape index (κ1) is 24.6. The van der Waals surface area contributed by atoms with Gasteiger partial charge in [-0.2, -0.15) is 0 Å². The summed E-state index contributed by atoms with van der Waals surface area (Å²) in [5, 5.41) is 2.99. The molecular weight excluding hydrogens is 440 g/mol. The highest BCUT2D eigenvalue weighted by molar-refractivity contribution is 5.92. The Kier molecular flexibility index (Phi) is 7.91. The van der Waals surface area contributed by atoms with Crippen LogP contribution in [0.1, 0.15) is 66.9 Å². The van der Waals surface area contributed by atoms with Gasteiger partial charge in [0.2, 0.25) is 0 Å². The van der Waals surface area contributed by atoms with Crippen LogP contribution in [0, 0.1) is 5.92 Å². The number of amides is 2. The first-order valence-corrected chi connectivity index (χ1v) is 12.4. The lowest BCUT2D eigenvalue weighted by Crippen LogP contribution is -2.41. The Hall–Kier alpha value is -3.54. The van der Waals surface area contributed by atoms with Gasteiger partial charge in [-0.25, -0.2) is 0 Å². The SMILES string of the molecule is CC[C@@H](Oc1ccc2c(c1)[C@@H](c1ccccc1)N(C(=O)c1ccco1)CC2)C(=O)NCCC(C)C. The molecule has 1 aliphatic rings. The van der Waals surface area contributed by atoms with Crippen LogP contribution in [0.25, 0.3) is 0 Å². The van der Waals surface area contributed by atoms with E-state index in [-0.39, 0.29) is 17.9 Å². The van der Waals surface area contributed by atoms with Crippen LogP contribution in [0.2, 0.25) is 0 Å². The van der Waals surface area contributed by atoms with E-state index in [0.717, 1.165) is 24.0 Å². The molecule has 4 rings (SSSR count). The molecular formula is C29H34N2O4. The zero-order valence-corrected chi connectivity index (χ0v) is 20.7. The van der Waals surface area contributed by atoms with Gasteiger partial charge in [0.1, 0.15) is 5.75 Å². The van der Waals surface area contributed by atoms with Crippen LogP contribution in [0.5, 0.6) is 5.75 Å². The van der Waals surface area contributed by atoms with Crippen molar-refractivity contribution in [2.45, 2.75) is 52.2 Å². The molecule has 0 saturated carbocycles. The number of nitrogens with zero attached hydrogens (tertiary/aromatic N) is 1. The molecule has 3 aromatic rings. The van der Waals surface area contributed by atoms with E-state index in [1.54, 1.807) is 12.1 Å². The van der Waals surface area contributed by atoms with E-state index in [2.05, 4.69) is 25.2 Å². The van der Waals surface area contributed by atoms with E-state index < -0.39 is 6.10 Å². The quantitative estimate of drug-likeness (QED) is 0.452. The molecule has 1 aromatic heterocycles. The van der Waals surface area contributed by atoms with E-state index >= 15 is 0 Å². The Morgan fingerprint density at radius 2 is 1.91 bits per heavy atom. The van der Waals surface area contributed by atoms with Crippen LogP contribution >= 0.6 is 0 Å². The number of carbonyl (C=O) groups is 2. The standard InChI is InChI=1S/C29H34N2O4/c1-4-25(28(32)30-16-14-20(2)3)35-23-13-12-21-15-17-31(29(33)26-11-8-18-34-26)27(24(21)19-23)22-9-6-5-7-10-22/h5-13,18-20,25,27H,4,14-17H2,1-3H3,(H,30,32)/t25-,27-/m1/s1. The first-order chi connectivity index (χ1) is 17.0. The van der Waals surface area contributed by atoms with E-state index in [1.807, 2.05) is 54.3 Å². The van der Waals surface area contributed by atoms with Crippen LogP contribution < -0.4 is 10.1 Å². The maximum Gasteiger partial charge on any atom is 0.290 e. The topological polar surface area (TPSA) is 71.8 Å². The molecule has 0 fully saturated rings. The molecule has 0 aliphatic carbocycles. The maximum atomic E-state index is 13.3. The lowest BCUT2D eigenvalue weighted by atomic mass is 9.87. The van der Waals surface area contributed by atoms with Gasteiger partial charge in [-0.05, 0) is 66.1 Å². The molecule has 35 heavy (non-hydrogen) atoms. The second kappa shape index (κ2) is 11.3. The van der Waals surface area contributed by atoms with Gasteiger partial charge in [0.05, 0.1) is 12.3 Å². The van der Waals surface area contributed by atoms with Gasteiger partial charge in [0.25, 0.3) is 11.8 Å². The molecule has 0 bridgehead atoms. The summed E-state index contributed by atoms with van der Waals surface area (Å²) in [6.45, 7) is 7.44. The fourth-order valence-corrected chi connectivity index (χ4v) is 4.51. The van der Waals surface area contributed by atoms with Gasteiger partial charge >= 0.3 is 0 Å². The summed E-state index contributed by atoms with van der Waals surface area (Å²) in [5.41, 5.74) is 3.20. The highest BCUT2D eigenvalue weighted by Crippen LogP contribution is 2.38. The normalized spacial score (nSPS) is 16.0. The third-order valence-electron chi connectivity index (χ3n) is 6.42. The summed E-state index contributed by atoms with van der Waals surface area (Å²) in [7, 11) is 0. The number of fused-ring (bicyclic) bond motifs is 1. The summed E-state index contributed by atoms with van der Waals surface area (Å²) in [5.74, 6) is 1.24. The minimum atomic E-state index is -0.570. The first-order valence-electron chi connectivity index (χ1n) is 12.4. The Morgan fingerprint density at radius 1 is 1.11 bits per heavy atom. The molecule has 6 nitrogen and oxygen atoms in total. The van der Waals surface area contributed by atoms with Crippen LogP contribution in [-0.4, -0.2) is 35.9 Å². The van der Waals surface area contributed by atoms with Crippen molar-refractivity contribution < 1.29 is 18.7 Å². The van der Waals surface area contributed by atoms with Gasteiger partial charge in [-0.15, -0.1) is 0 Å². The Labute approximate surface area is 207 Å². The van der Waals surface area contributed by atoms with Gasteiger partial charge < -0.3 is 19.4 Å². The minimum Gasteiger partial charge on any atom is -0.481 e. The zero-order valence-electron chi connectivity index (χ0n) is 20.7. The summed E-state index contributed by atoms with van der Waals surface area (Å²) >= 11 is 0. The number of hydrogen-bond acceptors (Lipinski definition) is 4. The predicted octanol–water partition coefficient (Wildman–Crippen LogP) is 5.39. The second-order valence-electron chi connectivity index (χ2n) is 9.39. The van der Waals surface area contributed by atoms with Crippen molar-refractivity contribution in [3.8, 4) is 5.75 Å². The smallest absolute Gasteiger partial charge is 0.290 e. The van der Waals surface area contributed by atoms with Gasteiger partial charge in [0, 0.05) is 13.1 Å². The molecule has 1 N–H and O–H groups in total. The Bertz CT molecular complexity index is 1120. The number of furan rings is 1. The minimum absolute atomic E-state index is 0.0971. The highest BCUT2D eigenvalue weighted by Gasteiger charge is 2.34. The molecule has 0 unspecified atom stereocenters. The molecule has 0 radical (unpaired) electrons. The van der Waals surface area contributed by atoms with E-state index in [4.69, 9.17) is 9.15 Å². The summed E-state index contributed by atoms with van der Waals surface area (Å²) < 4.78 is 11.6. The Morgan fingerprint density at radius 3 is 2.60 bits per heavy atom. The van der Waals surface area contributed by atoms with Crippen molar-refractivity contribution in [2.24, 2.45) is 5.92 Å². The van der Waals surface area contributed by atoms with E-state index in [1.165, 1.54) is 11.8 Å². The van der Waals surface area contributed by atoms with E-state index in [9.17, 15) is 9.59 Å². The van der Waals surface area contributed by atoms with Crippen molar-refractivity contribution >= 4 is 11.8 Å². The lowest BCUT2D eigenvalue weighted by Gasteiger charge is -2.37. The van der Waals surface area contributed by atoms with Crippen molar-refractivity contribution in [1.29, 1.82) is 0 Å². The molecule has 184 valence electrons. The summed E-state index contributed by atoms with van der Waals surface area (Å²) in [6, 6.07) is 19.1. The van der Waals surface area contributed by atoms with Crippen LogP contribution in [-0.2, 0) is 11.2 Å². The number of ether oxygens (including phenoxy) is 1. The fourth-order valence-electron chi connectivity index (χ4n) is 4.51. The van der Waals surface area contributed by atoms with Crippen LogP contribution in [0.3, 0.4) is 0 Å². The van der Waals surface area contributed by atoms with Crippen LogP contribution in [0.4, 0.5) is 0 Å². The third kappa shape index (κ3) is 5.76. The average Bonchev–Trinajstić information content (AvgIpc) is 3.41. The maximum absolute atomic E-state index is 13.3. The number of rotatable bonds is 9. The average molecular weight is 475 g/mol. The molecule has 1 aliphatic heterocycles. The number of hydrogen-bond donors (Lipinski definition) is 1. The van der Waals surface area contributed by atoms with E-state index in [0.29, 0.717) is 36.9 Å². The molecule has 2 heterocycles. The highest BCUT2D eigenvalue weighted by atomic mass is 16.5. The van der Waals surface area contributed by atoms with Crippen molar-refractivity contribution in [3.05, 3.63) is 89.4 Å². The third-order valence-corrected chi connectivity index (χ3v) is 6.42. The zero-order chi connectivity index (χ0) is 24.8. The molecule has 0 spiro atoms. The molecule has 2 aromatic carbocycles. The number of benzene rings is 2. The van der Waals surface area contributed by atoms with Gasteiger partial charge in [-0.3, -0.25) is 9.59 Å². The molecule has 2 amide bonds. The molecule has 0 saturated heterocycles. The van der Waals surface area contributed by atoms with Crippen molar-refractivity contribution in [1.82, 2.24) is 10.2 Å². The van der Waals surface area contributed by atoms with Gasteiger partial charge in [-0.1, -0.05) is 57.2 Å². The Balaban J connectivity index is 1.62. The fraction of sp³-hybridized carbons (Fsp3) is 0.379. The van der Waals surface area contributed by atoms with Gasteiger partial charge in [0.15, 0.2) is 11.9 Å². The van der Waals surface area contributed by atoms with Crippen molar-refractivity contribution in [3.63, 3.8) is 0 Å². The van der Waals surface area contributed by atoms with Crippen LogP contribution in [0.15, 0.2) is 71.3 Å². The second-order valence-corrected chi connectivity index (χ2v) is 9.39. The molecule has 2 atom stereocenters. The summed E-state index contributed by atoms with van der Waals surface area (Å²) in [6.07, 6.45) is 3.18. The largest absolute Gasteiger partial charge is 0.481 e.